The van der Waals surface area contributed by atoms with E-state index in [2.05, 4.69) is 44.5 Å². The molecule has 0 amide bonds. The molecule has 1 heterocycles. The number of nitrogens with zero attached hydrogens (tertiary/aromatic N) is 2. The molecule has 1 rings (SSSR count). The van der Waals surface area contributed by atoms with Gasteiger partial charge in [-0.25, -0.2) is 9.78 Å². The van der Waals surface area contributed by atoms with Crippen LogP contribution in [0, 0.1) is 11.8 Å². The van der Waals surface area contributed by atoms with E-state index in [1.807, 2.05) is 0 Å². The molecule has 0 aliphatic rings. The first-order valence-corrected chi connectivity index (χ1v) is 8.08. The second-order valence-corrected chi connectivity index (χ2v) is 7.17. The summed E-state index contributed by atoms with van der Waals surface area (Å²) in [6, 6.07) is 0. The molecule has 1 aromatic heterocycles. The maximum absolute atomic E-state index is 10.9. The topological polar surface area (TPSA) is 53.4 Å². The van der Waals surface area contributed by atoms with Gasteiger partial charge in [0.05, 0.1) is 5.01 Å². The molecular formula is C15H26N2O2S. The summed E-state index contributed by atoms with van der Waals surface area (Å²) in [5.41, 5.74) is 0.163. The fraction of sp³-hybridized carbons (Fsp3) is 0.733. The van der Waals surface area contributed by atoms with Crippen LogP contribution in [0.25, 0.3) is 0 Å². The molecule has 0 spiro atoms. The van der Waals surface area contributed by atoms with Gasteiger partial charge >= 0.3 is 5.97 Å². The largest absolute Gasteiger partial charge is 0.476 e. The predicted octanol–water partition coefficient (Wildman–Crippen LogP) is 3.56. The Morgan fingerprint density at radius 1 is 1.20 bits per heavy atom. The summed E-state index contributed by atoms with van der Waals surface area (Å²) in [5.74, 6) is 0.588. The minimum atomic E-state index is -0.944. The van der Waals surface area contributed by atoms with Crippen LogP contribution in [0.2, 0.25) is 0 Å². The summed E-state index contributed by atoms with van der Waals surface area (Å²) < 4.78 is 0. The number of aromatic nitrogens is 1. The van der Waals surface area contributed by atoms with E-state index in [-0.39, 0.29) is 11.6 Å². The summed E-state index contributed by atoms with van der Waals surface area (Å²) in [6.07, 6.45) is 0. The van der Waals surface area contributed by atoms with Crippen molar-refractivity contribution in [3.8, 4) is 0 Å². The zero-order valence-corrected chi connectivity index (χ0v) is 13.9. The van der Waals surface area contributed by atoms with Crippen LogP contribution < -0.4 is 0 Å². The highest BCUT2D eigenvalue weighted by atomic mass is 32.1. The Balaban J connectivity index is 2.68. The van der Waals surface area contributed by atoms with Crippen LogP contribution in [0.1, 0.15) is 56.0 Å². The molecule has 0 aliphatic heterocycles. The van der Waals surface area contributed by atoms with Crippen molar-refractivity contribution in [1.82, 2.24) is 9.88 Å². The number of carboxylic acids is 1. The first-order valence-electron chi connectivity index (χ1n) is 7.20. The highest BCUT2D eigenvalue weighted by molar-refractivity contribution is 7.09. The molecule has 0 radical (unpaired) electrons. The lowest BCUT2D eigenvalue weighted by molar-refractivity contribution is 0.0691. The van der Waals surface area contributed by atoms with Crippen LogP contribution in [0.3, 0.4) is 0 Å². The smallest absolute Gasteiger partial charge is 0.355 e. The van der Waals surface area contributed by atoms with Crippen molar-refractivity contribution in [2.75, 3.05) is 19.6 Å². The van der Waals surface area contributed by atoms with E-state index in [1.165, 1.54) is 11.3 Å². The van der Waals surface area contributed by atoms with Crippen molar-refractivity contribution < 1.29 is 9.90 Å². The average molecular weight is 298 g/mol. The zero-order valence-electron chi connectivity index (χ0n) is 13.1. The van der Waals surface area contributed by atoms with E-state index >= 15 is 0 Å². The normalized spacial score (nSPS) is 13.4. The maximum atomic E-state index is 10.9. The van der Waals surface area contributed by atoms with Crippen LogP contribution in [-0.2, 0) is 0 Å². The molecule has 0 aliphatic carbocycles. The van der Waals surface area contributed by atoms with E-state index in [0.717, 1.165) is 24.6 Å². The lowest BCUT2D eigenvalue weighted by Gasteiger charge is -2.28. The van der Waals surface area contributed by atoms with Crippen LogP contribution >= 0.6 is 11.3 Å². The summed E-state index contributed by atoms with van der Waals surface area (Å²) in [7, 11) is 0. The molecule has 5 heteroatoms. The van der Waals surface area contributed by atoms with Gasteiger partial charge in [0.1, 0.15) is 0 Å². The van der Waals surface area contributed by atoms with Gasteiger partial charge in [-0.05, 0) is 11.8 Å². The third-order valence-electron chi connectivity index (χ3n) is 2.94. The number of hydrogen-bond donors (Lipinski definition) is 1. The van der Waals surface area contributed by atoms with Crippen molar-refractivity contribution in [3.05, 3.63) is 16.1 Å². The van der Waals surface area contributed by atoms with E-state index in [0.29, 0.717) is 11.8 Å². The first-order chi connectivity index (χ1) is 9.29. The average Bonchev–Trinajstić information content (AvgIpc) is 2.75. The van der Waals surface area contributed by atoms with Gasteiger partial charge in [-0.2, -0.15) is 0 Å². The minimum Gasteiger partial charge on any atom is -0.476 e. The van der Waals surface area contributed by atoms with Gasteiger partial charge in [-0.3, -0.25) is 0 Å². The number of hydrogen-bond acceptors (Lipinski definition) is 4. The Morgan fingerprint density at radius 3 is 2.15 bits per heavy atom. The molecule has 0 saturated carbocycles. The fourth-order valence-electron chi connectivity index (χ4n) is 2.33. The van der Waals surface area contributed by atoms with Crippen LogP contribution in [0.4, 0.5) is 0 Å². The monoisotopic (exact) mass is 298 g/mol. The molecule has 20 heavy (non-hydrogen) atoms. The molecular weight excluding hydrogens is 272 g/mol. The molecule has 1 atom stereocenters. The van der Waals surface area contributed by atoms with Gasteiger partial charge < -0.3 is 10.0 Å². The molecule has 114 valence electrons. The summed E-state index contributed by atoms with van der Waals surface area (Å²) in [4.78, 5) is 17.6. The van der Waals surface area contributed by atoms with E-state index in [4.69, 9.17) is 5.11 Å². The highest BCUT2D eigenvalue weighted by Crippen LogP contribution is 2.22. The number of aromatic carboxylic acids is 1. The number of thiazole rings is 1. The third kappa shape index (κ3) is 5.59. The highest BCUT2D eigenvalue weighted by Gasteiger charge is 2.18. The van der Waals surface area contributed by atoms with Crippen LogP contribution in [0.5, 0.6) is 0 Å². The Hall–Kier alpha value is -0.940. The quantitative estimate of drug-likeness (QED) is 0.797. The number of carbonyl (C=O) groups is 1. The maximum Gasteiger partial charge on any atom is 0.355 e. The summed E-state index contributed by atoms with van der Waals surface area (Å²) in [6.45, 7) is 14.1. The molecule has 1 unspecified atom stereocenters. The van der Waals surface area contributed by atoms with E-state index in [9.17, 15) is 4.79 Å². The van der Waals surface area contributed by atoms with Gasteiger partial charge in [0.15, 0.2) is 5.69 Å². The zero-order chi connectivity index (χ0) is 15.3. The van der Waals surface area contributed by atoms with Crippen molar-refractivity contribution in [2.24, 2.45) is 11.8 Å². The van der Waals surface area contributed by atoms with Crippen LogP contribution in [0.15, 0.2) is 5.38 Å². The van der Waals surface area contributed by atoms with Gasteiger partial charge in [0.2, 0.25) is 0 Å². The summed E-state index contributed by atoms with van der Waals surface area (Å²) >= 11 is 1.45. The molecule has 1 N–H and O–H groups in total. The van der Waals surface area contributed by atoms with Gasteiger partial charge in [-0.1, -0.05) is 34.6 Å². The third-order valence-corrected chi connectivity index (χ3v) is 4.02. The SMILES string of the molecule is CC(C)CN(CC(C)C)CC(C)c1nc(C(=O)O)cs1. The van der Waals surface area contributed by atoms with Crippen LogP contribution in [-0.4, -0.2) is 40.6 Å². The summed E-state index contributed by atoms with van der Waals surface area (Å²) in [5, 5.41) is 11.5. The molecule has 1 aromatic rings. The van der Waals surface area contributed by atoms with Crippen molar-refractivity contribution in [3.63, 3.8) is 0 Å². The van der Waals surface area contributed by atoms with Crippen molar-refractivity contribution >= 4 is 17.3 Å². The second kappa shape index (κ2) is 7.74. The van der Waals surface area contributed by atoms with E-state index in [1.54, 1.807) is 5.38 Å². The Bertz CT molecular complexity index is 419. The standard InChI is InChI=1S/C15H26N2O2S/c1-10(2)6-17(7-11(3)4)8-12(5)14-16-13(9-20-14)15(18)19/h9-12H,6-8H2,1-5H3,(H,18,19). The lowest BCUT2D eigenvalue weighted by Crippen LogP contribution is -2.34. The van der Waals surface area contributed by atoms with Crippen molar-refractivity contribution in [1.29, 1.82) is 0 Å². The predicted molar refractivity (Wildman–Crippen MR) is 83.6 cm³/mol. The first kappa shape index (κ1) is 17.1. The van der Waals surface area contributed by atoms with Gasteiger partial charge in [0, 0.05) is 30.9 Å². The molecule has 0 saturated heterocycles. The molecule has 0 aromatic carbocycles. The minimum absolute atomic E-state index is 0.163. The Kier molecular flexibility index (Phi) is 6.62. The Labute approximate surface area is 125 Å². The number of carboxylic acid groups (broad SMARTS) is 1. The van der Waals surface area contributed by atoms with Gasteiger partial charge in [-0.15, -0.1) is 11.3 Å². The molecule has 4 nitrogen and oxygen atoms in total. The lowest BCUT2D eigenvalue weighted by atomic mass is 10.1. The fourth-order valence-corrected chi connectivity index (χ4v) is 3.18. The second-order valence-electron chi connectivity index (χ2n) is 6.28. The number of rotatable bonds is 8. The molecule has 0 fully saturated rings. The van der Waals surface area contributed by atoms with E-state index < -0.39 is 5.97 Å². The van der Waals surface area contributed by atoms with Crippen molar-refractivity contribution in [2.45, 2.75) is 40.5 Å². The Morgan fingerprint density at radius 2 is 1.75 bits per heavy atom. The molecule has 0 bridgehead atoms. The van der Waals surface area contributed by atoms with Gasteiger partial charge in [0.25, 0.3) is 0 Å².